The maximum Gasteiger partial charge on any atom is 0.244 e. The zero-order valence-electron chi connectivity index (χ0n) is 20.6. The lowest BCUT2D eigenvalue weighted by Gasteiger charge is -2.26. The van der Waals surface area contributed by atoms with Crippen LogP contribution in [0.25, 0.3) is 0 Å². The van der Waals surface area contributed by atoms with Crippen LogP contribution < -0.4 is 5.32 Å². The zero-order chi connectivity index (χ0) is 25.8. The van der Waals surface area contributed by atoms with Gasteiger partial charge in [0.2, 0.25) is 5.91 Å². The first-order valence-corrected chi connectivity index (χ1v) is 12.1. The van der Waals surface area contributed by atoms with Crippen LogP contribution in [0.1, 0.15) is 33.6 Å². The lowest BCUT2D eigenvalue weighted by atomic mass is 9.94. The number of amides is 1. The summed E-state index contributed by atoms with van der Waals surface area (Å²) in [6.45, 7) is 5.53. The Bertz CT molecular complexity index is 884. The number of aliphatic hydroxyl groups is 4. The van der Waals surface area contributed by atoms with Crippen LogP contribution >= 0.6 is 0 Å². The number of hydrogen-bond acceptors (Lipinski definition) is 6. The first-order valence-electron chi connectivity index (χ1n) is 12.1. The summed E-state index contributed by atoms with van der Waals surface area (Å²) in [5.74, 6) is -0.615. The van der Waals surface area contributed by atoms with Crippen molar-refractivity contribution in [1.82, 2.24) is 5.32 Å². The van der Waals surface area contributed by atoms with E-state index in [1.165, 1.54) is 6.08 Å². The Morgan fingerprint density at radius 2 is 1.51 bits per heavy atom. The van der Waals surface area contributed by atoms with Crippen LogP contribution in [0.3, 0.4) is 0 Å². The minimum Gasteiger partial charge on any atom is -0.390 e. The van der Waals surface area contributed by atoms with Crippen molar-refractivity contribution < 1.29 is 30.0 Å². The third-order valence-electron chi connectivity index (χ3n) is 5.90. The number of hydrogen-bond donors (Lipinski definition) is 5. The van der Waals surface area contributed by atoms with Crippen molar-refractivity contribution in [3.8, 4) is 0 Å². The van der Waals surface area contributed by atoms with Crippen LogP contribution in [0.2, 0.25) is 0 Å². The average molecular weight is 486 g/mol. The van der Waals surface area contributed by atoms with Crippen molar-refractivity contribution in [1.29, 1.82) is 0 Å². The number of aliphatic hydroxyl groups excluding tert-OH is 4. The first kappa shape index (κ1) is 28.7. The van der Waals surface area contributed by atoms with E-state index in [4.69, 9.17) is 4.74 Å². The van der Waals surface area contributed by atoms with E-state index in [1.54, 1.807) is 61.6 Å². The molecule has 7 heteroatoms. The molecule has 0 aromatic heterocycles. The van der Waals surface area contributed by atoms with E-state index in [0.717, 1.165) is 5.57 Å². The normalized spacial score (nSPS) is 42.8. The molecule has 2 aliphatic heterocycles. The van der Waals surface area contributed by atoms with Gasteiger partial charge in [-0.05, 0) is 20.3 Å². The van der Waals surface area contributed by atoms with Crippen LogP contribution in [0.15, 0.2) is 84.6 Å². The monoisotopic (exact) mass is 485 g/mol. The predicted molar refractivity (Wildman–Crippen MR) is 137 cm³/mol. The molecule has 7 nitrogen and oxygen atoms in total. The third-order valence-corrected chi connectivity index (χ3v) is 5.90. The minimum atomic E-state index is -1.14. The molecule has 0 saturated carbocycles. The molecule has 0 unspecified atom stereocenters. The van der Waals surface area contributed by atoms with Gasteiger partial charge in [0.25, 0.3) is 0 Å². The van der Waals surface area contributed by atoms with Crippen LogP contribution in [-0.4, -0.2) is 69.0 Å². The standard InChI is InChI=1S/C28H39NO6/c1-19-11-8-9-14-22(30)17-21(3)29-26(32)16-7-5-4-6-13-20(2)27(33)28(34)25-18-23(31)24(35-25)15-10-12-19/h4-16,20-25,27-28,30-31,33-34H,17-18H2,1-3H3,(H,29,32)/b5-4+,11-8+,13-6+,14-9-,15-10+,16-7+,19-12+/t20-,21-,22-,23+,24-,25-,27+,28-/m0/s1. The SMILES string of the molecule is CC1=C\C=C\[C@@H]2O[C@@H](C[C@H]2O)[C@H](O)[C@H](O)[C@@H](C)/C=C/C=C/C=C/C(=O)N[C@@H](C)C[C@@H](O)/C=C\C=C\1. The number of allylic oxidation sites excluding steroid dienone is 10. The fraction of sp³-hybridized carbons (Fsp3) is 0.464. The van der Waals surface area contributed by atoms with Gasteiger partial charge in [0, 0.05) is 24.5 Å². The summed E-state index contributed by atoms with van der Waals surface area (Å²) in [6, 6.07) is -0.206. The van der Waals surface area contributed by atoms with Gasteiger partial charge in [-0.15, -0.1) is 0 Å². The molecular weight excluding hydrogens is 446 g/mol. The zero-order valence-corrected chi connectivity index (χ0v) is 20.6. The molecular formula is C28H39NO6. The minimum absolute atomic E-state index is 0.206. The molecule has 0 aliphatic carbocycles. The second-order valence-corrected chi connectivity index (χ2v) is 9.16. The molecule has 0 radical (unpaired) electrons. The van der Waals surface area contributed by atoms with Crippen molar-refractivity contribution in [2.24, 2.45) is 5.92 Å². The first-order chi connectivity index (χ1) is 16.7. The van der Waals surface area contributed by atoms with E-state index in [-0.39, 0.29) is 24.3 Å². The predicted octanol–water partition coefficient (Wildman–Crippen LogP) is 2.42. The van der Waals surface area contributed by atoms with E-state index >= 15 is 0 Å². The third kappa shape index (κ3) is 10.3. The van der Waals surface area contributed by atoms with Crippen LogP contribution in [0.4, 0.5) is 0 Å². The van der Waals surface area contributed by atoms with Gasteiger partial charge in [-0.1, -0.05) is 85.4 Å². The van der Waals surface area contributed by atoms with Crippen molar-refractivity contribution in [2.45, 2.75) is 76.3 Å². The van der Waals surface area contributed by atoms with Gasteiger partial charge in [-0.3, -0.25) is 4.79 Å². The fourth-order valence-electron chi connectivity index (χ4n) is 3.83. The Hall–Kier alpha value is -2.55. The lowest BCUT2D eigenvalue weighted by Crippen LogP contribution is -2.40. The summed E-state index contributed by atoms with van der Waals surface area (Å²) in [6.07, 6.45) is 18.1. The highest BCUT2D eigenvalue weighted by Crippen LogP contribution is 2.27. The van der Waals surface area contributed by atoms with E-state index in [2.05, 4.69) is 5.32 Å². The number of carbonyl (C=O) groups is 1. The number of fused-ring (bicyclic) bond motifs is 2. The van der Waals surface area contributed by atoms with E-state index < -0.39 is 36.6 Å². The second-order valence-electron chi connectivity index (χ2n) is 9.16. The van der Waals surface area contributed by atoms with Gasteiger partial charge in [0.05, 0.1) is 24.4 Å². The molecule has 2 heterocycles. The molecule has 5 N–H and O–H groups in total. The second kappa shape index (κ2) is 14.8. The Morgan fingerprint density at radius 1 is 0.829 bits per heavy atom. The Balaban J connectivity index is 2.16. The molecule has 1 amide bonds. The topological polar surface area (TPSA) is 119 Å². The summed E-state index contributed by atoms with van der Waals surface area (Å²) in [5, 5.41) is 44.4. The van der Waals surface area contributed by atoms with Gasteiger partial charge >= 0.3 is 0 Å². The molecule has 0 spiro atoms. The van der Waals surface area contributed by atoms with Gasteiger partial charge in [-0.2, -0.15) is 0 Å². The molecule has 2 rings (SSSR count). The fourth-order valence-corrected chi connectivity index (χ4v) is 3.83. The summed E-state index contributed by atoms with van der Waals surface area (Å²) in [5.41, 5.74) is 0.951. The average Bonchev–Trinajstić information content (AvgIpc) is 3.17. The maximum atomic E-state index is 12.0. The van der Waals surface area contributed by atoms with Crippen molar-refractivity contribution in [3.05, 3.63) is 84.6 Å². The van der Waals surface area contributed by atoms with Gasteiger partial charge in [0.1, 0.15) is 12.2 Å². The molecule has 1 fully saturated rings. The number of carbonyl (C=O) groups excluding carboxylic acids is 1. The van der Waals surface area contributed by atoms with E-state index in [1.807, 2.05) is 32.1 Å². The number of ether oxygens (including phenoxy) is 1. The lowest BCUT2D eigenvalue weighted by molar-refractivity contribution is -0.117. The summed E-state index contributed by atoms with van der Waals surface area (Å²) in [7, 11) is 0. The highest BCUT2D eigenvalue weighted by molar-refractivity contribution is 5.87. The number of nitrogens with one attached hydrogen (secondary N) is 1. The van der Waals surface area contributed by atoms with Crippen molar-refractivity contribution in [2.75, 3.05) is 0 Å². The highest BCUT2D eigenvalue weighted by Gasteiger charge is 2.39. The van der Waals surface area contributed by atoms with E-state index in [9.17, 15) is 25.2 Å². The molecule has 192 valence electrons. The Kier molecular flexibility index (Phi) is 12.1. The maximum absolute atomic E-state index is 12.0. The molecule has 1 saturated heterocycles. The van der Waals surface area contributed by atoms with Crippen LogP contribution in [0, 0.1) is 5.92 Å². The van der Waals surface area contributed by atoms with Gasteiger partial charge < -0.3 is 30.5 Å². The Labute approximate surface area is 208 Å². The van der Waals surface area contributed by atoms with Crippen molar-refractivity contribution >= 4 is 5.91 Å². The highest BCUT2D eigenvalue weighted by atomic mass is 16.5. The molecule has 2 bridgehead atoms. The molecule has 0 aromatic rings. The molecule has 2 aliphatic rings. The summed E-state index contributed by atoms with van der Waals surface area (Å²) >= 11 is 0. The van der Waals surface area contributed by atoms with Gasteiger partial charge in [-0.25, -0.2) is 0 Å². The van der Waals surface area contributed by atoms with E-state index in [0.29, 0.717) is 6.42 Å². The number of rotatable bonds is 0. The molecule has 8 atom stereocenters. The van der Waals surface area contributed by atoms with Crippen LogP contribution in [-0.2, 0) is 9.53 Å². The largest absolute Gasteiger partial charge is 0.390 e. The van der Waals surface area contributed by atoms with Crippen LogP contribution in [0.5, 0.6) is 0 Å². The smallest absolute Gasteiger partial charge is 0.244 e. The van der Waals surface area contributed by atoms with Gasteiger partial charge in [0.15, 0.2) is 0 Å². The summed E-state index contributed by atoms with van der Waals surface area (Å²) in [4.78, 5) is 12.0. The quantitative estimate of drug-likeness (QED) is 0.360. The van der Waals surface area contributed by atoms with Crippen molar-refractivity contribution in [3.63, 3.8) is 0 Å². The molecule has 35 heavy (non-hydrogen) atoms. The summed E-state index contributed by atoms with van der Waals surface area (Å²) < 4.78 is 5.80. The molecule has 0 aromatic carbocycles. The Morgan fingerprint density at radius 3 is 2.29 bits per heavy atom.